The van der Waals surface area contributed by atoms with Gasteiger partial charge in [0.25, 0.3) is 0 Å². The van der Waals surface area contributed by atoms with Crippen LogP contribution in [-0.2, 0) is 0 Å². The van der Waals surface area contributed by atoms with Crippen molar-refractivity contribution < 1.29 is 4.74 Å². The predicted octanol–water partition coefficient (Wildman–Crippen LogP) is 4.02. The molecule has 2 rings (SSSR count). The van der Waals surface area contributed by atoms with Gasteiger partial charge in [0.15, 0.2) is 5.11 Å². The second-order valence-corrected chi connectivity index (χ2v) is 5.67. The van der Waals surface area contributed by atoms with Gasteiger partial charge in [0, 0.05) is 5.69 Å². The molecule has 0 saturated carbocycles. The Kier molecular flexibility index (Phi) is 5.71. The van der Waals surface area contributed by atoms with E-state index in [4.69, 9.17) is 17.0 Å². The SMILES string of the molecule is COc1ccc(/C(C)=N\NC(=S)Nc2c(C)cccc2C)cc1. The molecule has 0 atom stereocenters. The van der Waals surface area contributed by atoms with Crippen molar-refractivity contribution in [2.45, 2.75) is 20.8 Å². The maximum atomic E-state index is 5.31. The van der Waals surface area contributed by atoms with Crippen molar-refractivity contribution in [2.75, 3.05) is 12.4 Å². The number of nitrogens with one attached hydrogen (secondary N) is 2. The molecule has 4 nitrogen and oxygen atoms in total. The van der Waals surface area contributed by atoms with Gasteiger partial charge in [0.1, 0.15) is 5.75 Å². The molecule has 0 amide bonds. The van der Waals surface area contributed by atoms with E-state index in [0.717, 1.165) is 33.8 Å². The number of nitrogens with zero attached hydrogens (tertiary/aromatic N) is 1. The number of benzene rings is 2. The zero-order chi connectivity index (χ0) is 16.8. The van der Waals surface area contributed by atoms with Gasteiger partial charge in [-0.1, -0.05) is 18.2 Å². The highest BCUT2D eigenvalue weighted by Gasteiger charge is 2.04. The highest BCUT2D eigenvalue weighted by Crippen LogP contribution is 2.19. The third-order valence-electron chi connectivity index (χ3n) is 3.55. The Morgan fingerprint density at radius 3 is 2.22 bits per heavy atom. The molecular formula is C18H21N3OS. The Morgan fingerprint density at radius 2 is 1.65 bits per heavy atom. The van der Waals surface area contributed by atoms with E-state index in [-0.39, 0.29) is 0 Å². The molecule has 0 aromatic heterocycles. The van der Waals surface area contributed by atoms with E-state index in [1.807, 2.05) is 63.2 Å². The van der Waals surface area contributed by atoms with Crippen molar-refractivity contribution in [3.63, 3.8) is 0 Å². The van der Waals surface area contributed by atoms with Gasteiger partial charge in [-0.15, -0.1) is 0 Å². The van der Waals surface area contributed by atoms with Crippen LogP contribution >= 0.6 is 12.2 Å². The van der Waals surface area contributed by atoms with Crippen molar-refractivity contribution in [1.29, 1.82) is 0 Å². The molecule has 0 aliphatic rings. The number of para-hydroxylation sites is 1. The third-order valence-corrected chi connectivity index (χ3v) is 3.75. The molecule has 5 heteroatoms. The summed E-state index contributed by atoms with van der Waals surface area (Å²) >= 11 is 5.31. The number of thiocarbonyl (C=S) groups is 1. The monoisotopic (exact) mass is 327 g/mol. The molecule has 0 heterocycles. The first-order chi connectivity index (χ1) is 11.0. The lowest BCUT2D eigenvalue weighted by Gasteiger charge is -2.13. The van der Waals surface area contributed by atoms with Gasteiger partial charge >= 0.3 is 0 Å². The van der Waals surface area contributed by atoms with Crippen molar-refractivity contribution in [3.8, 4) is 5.75 Å². The molecule has 2 N–H and O–H groups in total. The van der Waals surface area contributed by atoms with Crippen molar-refractivity contribution in [1.82, 2.24) is 5.43 Å². The van der Waals surface area contributed by atoms with E-state index in [0.29, 0.717) is 5.11 Å². The molecule has 2 aromatic carbocycles. The summed E-state index contributed by atoms with van der Waals surface area (Å²) in [5, 5.41) is 7.99. The fourth-order valence-electron chi connectivity index (χ4n) is 2.18. The molecule has 0 saturated heterocycles. The van der Waals surface area contributed by atoms with Crippen LogP contribution in [0, 0.1) is 13.8 Å². The normalized spacial score (nSPS) is 11.0. The van der Waals surface area contributed by atoms with Crippen LogP contribution in [0.25, 0.3) is 0 Å². The molecular weight excluding hydrogens is 306 g/mol. The van der Waals surface area contributed by atoms with Crippen LogP contribution in [-0.4, -0.2) is 17.9 Å². The fraction of sp³-hybridized carbons (Fsp3) is 0.222. The minimum absolute atomic E-state index is 0.468. The van der Waals surface area contributed by atoms with Crippen molar-refractivity contribution in [3.05, 3.63) is 59.2 Å². The average Bonchev–Trinajstić information content (AvgIpc) is 2.56. The minimum atomic E-state index is 0.468. The van der Waals surface area contributed by atoms with E-state index in [1.165, 1.54) is 0 Å². The lowest BCUT2D eigenvalue weighted by molar-refractivity contribution is 0.415. The number of rotatable bonds is 4. The lowest BCUT2D eigenvalue weighted by atomic mass is 10.1. The Labute approximate surface area is 142 Å². The molecule has 0 radical (unpaired) electrons. The quantitative estimate of drug-likeness (QED) is 0.506. The minimum Gasteiger partial charge on any atom is -0.497 e. The Bertz CT molecular complexity index is 703. The van der Waals surface area contributed by atoms with Crippen molar-refractivity contribution >= 4 is 28.7 Å². The van der Waals surface area contributed by atoms with E-state index >= 15 is 0 Å². The first-order valence-electron chi connectivity index (χ1n) is 7.33. The predicted molar refractivity (Wildman–Crippen MR) is 100 cm³/mol. The maximum Gasteiger partial charge on any atom is 0.191 e. The maximum absolute atomic E-state index is 5.31. The first-order valence-corrected chi connectivity index (χ1v) is 7.74. The zero-order valence-corrected chi connectivity index (χ0v) is 14.6. The van der Waals surface area contributed by atoms with Gasteiger partial charge in [-0.2, -0.15) is 5.10 Å². The molecule has 2 aromatic rings. The van der Waals surface area contributed by atoms with Crippen molar-refractivity contribution in [2.24, 2.45) is 5.10 Å². The number of hydrogen-bond donors (Lipinski definition) is 2. The molecule has 0 bridgehead atoms. The van der Waals surface area contributed by atoms with Gasteiger partial charge in [-0.25, -0.2) is 0 Å². The standard InChI is InChI=1S/C18H21N3OS/c1-12-6-5-7-13(2)17(12)19-18(23)21-20-14(3)15-8-10-16(22-4)11-9-15/h5-11H,1-4H3,(H2,19,21,23)/b20-14-. The van der Waals surface area contributed by atoms with Crippen LogP contribution in [0.1, 0.15) is 23.6 Å². The first kappa shape index (κ1) is 17.0. The summed E-state index contributed by atoms with van der Waals surface area (Å²) in [4.78, 5) is 0. The Hall–Kier alpha value is -2.40. The fourth-order valence-corrected chi connectivity index (χ4v) is 2.33. The molecule has 0 aliphatic heterocycles. The second-order valence-electron chi connectivity index (χ2n) is 5.26. The van der Waals surface area contributed by atoms with Crippen LogP contribution in [0.5, 0.6) is 5.75 Å². The van der Waals surface area contributed by atoms with Gasteiger partial charge in [-0.3, -0.25) is 5.43 Å². The highest BCUT2D eigenvalue weighted by molar-refractivity contribution is 7.80. The smallest absolute Gasteiger partial charge is 0.191 e. The molecule has 0 unspecified atom stereocenters. The van der Waals surface area contributed by atoms with E-state index < -0.39 is 0 Å². The van der Waals surface area contributed by atoms with Crippen LogP contribution in [0.2, 0.25) is 0 Å². The van der Waals surface area contributed by atoms with E-state index in [9.17, 15) is 0 Å². The zero-order valence-electron chi connectivity index (χ0n) is 13.8. The summed E-state index contributed by atoms with van der Waals surface area (Å²) in [5.41, 5.74) is 8.05. The average molecular weight is 327 g/mol. The lowest BCUT2D eigenvalue weighted by Crippen LogP contribution is -2.25. The van der Waals surface area contributed by atoms with Gasteiger partial charge in [0.05, 0.1) is 12.8 Å². The number of aryl methyl sites for hydroxylation is 2. The highest BCUT2D eigenvalue weighted by atomic mass is 32.1. The summed E-state index contributed by atoms with van der Waals surface area (Å²) < 4.78 is 5.15. The molecule has 0 aliphatic carbocycles. The Morgan fingerprint density at radius 1 is 1.04 bits per heavy atom. The Balaban J connectivity index is 2.02. The molecule has 120 valence electrons. The molecule has 0 spiro atoms. The second kappa shape index (κ2) is 7.74. The van der Waals surface area contributed by atoms with Gasteiger partial charge < -0.3 is 10.1 Å². The molecule has 0 fully saturated rings. The summed E-state index contributed by atoms with van der Waals surface area (Å²) in [6.07, 6.45) is 0. The number of anilines is 1. The van der Waals surface area contributed by atoms with Crippen LogP contribution in [0.15, 0.2) is 47.6 Å². The number of methoxy groups -OCH3 is 1. The van der Waals surface area contributed by atoms with Gasteiger partial charge in [-0.05, 0) is 73.9 Å². The topological polar surface area (TPSA) is 45.6 Å². The van der Waals surface area contributed by atoms with Crippen LogP contribution in [0.4, 0.5) is 5.69 Å². The van der Waals surface area contributed by atoms with E-state index in [2.05, 4.69) is 15.8 Å². The summed E-state index contributed by atoms with van der Waals surface area (Å²) in [6.45, 7) is 6.02. The summed E-state index contributed by atoms with van der Waals surface area (Å²) in [6, 6.07) is 13.8. The molecule has 23 heavy (non-hydrogen) atoms. The number of hydrazone groups is 1. The number of ether oxygens (including phenoxy) is 1. The summed E-state index contributed by atoms with van der Waals surface area (Å²) in [5.74, 6) is 0.821. The van der Waals surface area contributed by atoms with Crippen LogP contribution in [0.3, 0.4) is 0 Å². The number of hydrogen-bond acceptors (Lipinski definition) is 3. The van der Waals surface area contributed by atoms with E-state index in [1.54, 1.807) is 7.11 Å². The van der Waals surface area contributed by atoms with Gasteiger partial charge in [0.2, 0.25) is 0 Å². The van der Waals surface area contributed by atoms with Crippen LogP contribution < -0.4 is 15.5 Å². The summed E-state index contributed by atoms with van der Waals surface area (Å²) in [7, 11) is 1.65. The third kappa shape index (κ3) is 4.53. The largest absolute Gasteiger partial charge is 0.497 e.